The Hall–Kier alpha value is -2.36. The number of ether oxygens (including phenoxy) is 3. The molecule has 0 radical (unpaired) electrons. The maximum absolute atomic E-state index is 5.90. The highest BCUT2D eigenvalue weighted by atomic mass is 16.7. The first-order valence-electron chi connectivity index (χ1n) is 6.19. The van der Waals surface area contributed by atoms with E-state index in [0.717, 1.165) is 28.4 Å². The van der Waals surface area contributed by atoms with Crippen LogP contribution in [0.2, 0.25) is 0 Å². The van der Waals surface area contributed by atoms with Gasteiger partial charge in [-0.2, -0.15) is 0 Å². The summed E-state index contributed by atoms with van der Waals surface area (Å²) in [5.41, 5.74) is 8.61. The van der Waals surface area contributed by atoms with Crippen molar-refractivity contribution < 1.29 is 14.2 Å². The van der Waals surface area contributed by atoms with Crippen LogP contribution >= 0.6 is 0 Å². The third-order valence-corrected chi connectivity index (χ3v) is 2.95. The molecule has 4 nitrogen and oxygen atoms in total. The first-order valence-corrected chi connectivity index (χ1v) is 6.19. The van der Waals surface area contributed by atoms with Gasteiger partial charge in [-0.3, -0.25) is 0 Å². The van der Waals surface area contributed by atoms with Gasteiger partial charge in [0.25, 0.3) is 0 Å². The summed E-state index contributed by atoms with van der Waals surface area (Å²) in [5, 5.41) is 0. The molecule has 1 heterocycles. The molecule has 0 aliphatic carbocycles. The largest absolute Gasteiger partial charge is 0.494 e. The molecule has 0 aromatic heterocycles. The number of hydrogen-bond acceptors (Lipinski definition) is 4. The molecule has 2 aromatic carbocycles. The summed E-state index contributed by atoms with van der Waals surface area (Å²) >= 11 is 0. The summed E-state index contributed by atoms with van der Waals surface area (Å²) in [4.78, 5) is 0. The molecule has 0 fully saturated rings. The molecule has 0 saturated heterocycles. The highest BCUT2D eigenvalue weighted by molar-refractivity contribution is 5.72. The average molecular weight is 257 g/mol. The van der Waals surface area contributed by atoms with Crippen LogP contribution in [0.4, 0.5) is 5.69 Å². The number of benzene rings is 2. The lowest BCUT2D eigenvalue weighted by atomic mass is 10.0. The zero-order valence-electron chi connectivity index (χ0n) is 10.7. The molecule has 0 atom stereocenters. The topological polar surface area (TPSA) is 53.7 Å². The fraction of sp³-hybridized carbons (Fsp3) is 0.200. The minimum atomic E-state index is 0.278. The summed E-state index contributed by atoms with van der Waals surface area (Å²) in [6.07, 6.45) is 0. The number of rotatable bonds is 3. The van der Waals surface area contributed by atoms with Gasteiger partial charge in [0, 0.05) is 11.8 Å². The molecule has 3 rings (SSSR count). The van der Waals surface area contributed by atoms with Crippen molar-refractivity contribution in [2.45, 2.75) is 6.92 Å². The Morgan fingerprint density at radius 3 is 2.74 bits per heavy atom. The first kappa shape index (κ1) is 11.7. The molecule has 0 bridgehead atoms. The fourth-order valence-electron chi connectivity index (χ4n) is 2.11. The monoisotopic (exact) mass is 257 g/mol. The van der Waals surface area contributed by atoms with Crippen LogP contribution in [0, 0.1) is 0 Å². The van der Waals surface area contributed by atoms with Crippen LogP contribution in [0.1, 0.15) is 6.92 Å². The van der Waals surface area contributed by atoms with E-state index < -0.39 is 0 Å². The van der Waals surface area contributed by atoms with E-state index >= 15 is 0 Å². The Bertz CT molecular complexity index is 610. The standard InChI is InChI=1S/C15H15NO3/c1-2-17-13-6-11(5-12(16)8-13)10-3-4-14-15(7-10)19-9-18-14/h3-8H,2,9,16H2,1H3. The first-order chi connectivity index (χ1) is 9.26. The Morgan fingerprint density at radius 1 is 1.05 bits per heavy atom. The summed E-state index contributed by atoms with van der Waals surface area (Å²) < 4.78 is 16.2. The van der Waals surface area contributed by atoms with Crippen molar-refractivity contribution in [1.29, 1.82) is 0 Å². The molecule has 98 valence electrons. The normalized spacial score (nSPS) is 12.5. The van der Waals surface area contributed by atoms with Gasteiger partial charge < -0.3 is 19.9 Å². The van der Waals surface area contributed by atoms with E-state index in [2.05, 4.69) is 0 Å². The van der Waals surface area contributed by atoms with Crippen molar-refractivity contribution in [3.05, 3.63) is 36.4 Å². The smallest absolute Gasteiger partial charge is 0.231 e. The Morgan fingerprint density at radius 2 is 1.89 bits per heavy atom. The van der Waals surface area contributed by atoms with Crippen LogP contribution in [0.5, 0.6) is 17.2 Å². The summed E-state index contributed by atoms with van der Waals surface area (Å²) in [6.45, 7) is 2.84. The Balaban J connectivity index is 2.01. The molecule has 0 saturated carbocycles. The third kappa shape index (κ3) is 2.29. The molecular weight excluding hydrogens is 242 g/mol. The second kappa shape index (κ2) is 4.72. The minimum Gasteiger partial charge on any atom is -0.494 e. The Kier molecular flexibility index (Phi) is 2.91. The molecule has 0 amide bonds. The van der Waals surface area contributed by atoms with Gasteiger partial charge in [0.1, 0.15) is 5.75 Å². The minimum absolute atomic E-state index is 0.278. The van der Waals surface area contributed by atoms with Gasteiger partial charge in [-0.1, -0.05) is 6.07 Å². The number of fused-ring (bicyclic) bond motifs is 1. The van der Waals surface area contributed by atoms with Gasteiger partial charge in [-0.15, -0.1) is 0 Å². The highest BCUT2D eigenvalue weighted by Gasteiger charge is 2.14. The van der Waals surface area contributed by atoms with Crippen LogP contribution in [0.3, 0.4) is 0 Å². The van der Waals surface area contributed by atoms with Crippen LogP contribution in [-0.2, 0) is 0 Å². The number of hydrogen-bond donors (Lipinski definition) is 1. The molecule has 2 N–H and O–H groups in total. The summed E-state index contributed by atoms with van der Waals surface area (Å²) in [7, 11) is 0. The average Bonchev–Trinajstić information content (AvgIpc) is 2.85. The van der Waals surface area contributed by atoms with E-state index in [1.54, 1.807) is 0 Å². The van der Waals surface area contributed by atoms with Crippen LogP contribution in [-0.4, -0.2) is 13.4 Å². The third-order valence-electron chi connectivity index (χ3n) is 2.95. The van der Waals surface area contributed by atoms with E-state index in [9.17, 15) is 0 Å². The van der Waals surface area contributed by atoms with E-state index in [1.807, 2.05) is 43.3 Å². The van der Waals surface area contributed by atoms with Crippen LogP contribution in [0.15, 0.2) is 36.4 Å². The molecule has 0 unspecified atom stereocenters. The lowest BCUT2D eigenvalue weighted by Crippen LogP contribution is -1.94. The second-order valence-electron chi connectivity index (χ2n) is 4.29. The summed E-state index contributed by atoms with van der Waals surface area (Å²) in [5.74, 6) is 2.31. The summed E-state index contributed by atoms with van der Waals surface area (Å²) in [6, 6.07) is 11.5. The maximum atomic E-state index is 5.90. The van der Waals surface area contributed by atoms with Crippen molar-refractivity contribution in [2.75, 3.05) is 19.1 Å². The van der Waals surface area contributed by atoms with Crippen molar-refractivity contribution in [1.82, 2.24) is 0 Å². The molecule has 4 heteroatoms. The lowest BCUT2D eigenvalue weighted by Gasteiger charge is -2.09. The van der Waals surface area contributed by atoms with Gasteiger partial charge >= 0.3 is 0 Å². The zero-order chi connectivity index (χ0) is 13.2. The maximum Gasteiger partial charge on any atom is 0.231 e. The molecule has 19 heavy (non-hydrogen) atoms. The second-order valence-corrected chi connectivity index (χ2v) is 4.29. The van der Waals surface area contributed by atoms with Gasteiger partial charge in [-0.05, 0) is 42.3 Å². The van der Waals surface area contributed by atoms with Crippen molar-refractivity contribution >= 4 is 5.69 Å². The van der Waals surface area contributed by atoms with Crippen molar-refractivity contribution in [3.8, 4) is 28.4 Å². The SMILES string of the molecule is CCOc1cc(N)cc(-c2ccc3c(c2)OCO3)c1. The predicted molar refractivity (Wildman–Crippen MR) is 73.6 cm³/mol. The van der Waals surface area contributed by atoms with E-state index in [4.69, 9.17) is 19.9 Å². The molecule has 1 aliphatic rings. The zero-order valence-corrected chi connectivity index (χ0v) is 10.7. The lowest BCUT2D eigenvalue weighted by molar-refractivity contribution is 0.174. The fourth-order valence-corrected chi connectivity index (χ4v) is 2.11. The van der Waals surface area contributed by atoms with Crippen molar-refractivity contribution in [3.63, 3.8) is 0 Å². The van der Waals surface area contributed by atoms with Gasteiger partial charge in [0.15, 0.2) is 11.5 Å². The molecule has 2 aromatic rings. The van der Waals surface area contributed by atoms with Gasteiger partial charge in [-0.25, -0.2) is 0 Å². The number of nitrogens with two attached hydrogens (primary N) is 1. The van der Waals surface area contributed by atoms with E-state index in [-0.39, 0.29) is 6.79 Å². The number of nitrogen functional groups attached to an aromatic ring is 1. The Labute approximate surface area is 111 Å². The molecule has 1 aliphatic heterocycles. The number of anilines is 1. The highest BCUT2D eigenvalue weighted by Crippen LogP contribution is 2.37. The van der Waals surface area contributed by atoms with Crippen LogP contribution in [0.25, 0.3) is 11.1 Å². The molecular formula is C15H15NO3. The predicted octanol–water partition coefficient (Wildman–Crippen LogP) is 3.06. The van der Waals surface area contributed by atoms with Crippen LogP contribution < -0.4 is 19.9 Å². The van der Waals surface area contributed by atoms with Gasteiger partial charge in [0.2, 0.25) is 6.79 Å². The van der Waals surface area contributed by atoms with E-state index in [0.29, 0.717) is 12.3 Å². The quantitative estimate of drug-likeness (QED) is 0.858. The molecule has 0 spiro atoms. The van der Waals surface area contributed by atoms with E-state index in [1.165, 1.54) is 0 Å². The van der Waals surface area contributed by atoms with Gasteiger partial charge in [0.05, 0.1) is 6.61 Å². The van der Waals surface area contributed by atoms with Crippen molar-refractivity contribution in [2.24, 2.45) is 0 Å².